The Kier molecular flexibility index (Phi) is 47.8. The molecule has 0 aliphatic rings. The third-order valence-corrected chi connectivity index (χ3v) is 11.7. The molecule has 352 valence electrons. The highest BCUT2D eigenvalue weighted by Crippen LogP contribution is 2.15. The number of carbonyl (C=O) groups excluding carboxylic acids is 3. The van der Waals surface area contributed by atoms with Crippen LogP contribution in [0.2, 0.25) is 0 Å². The first-order valence-corrected chi connectivity index (χ1v) is 26.3. The monoisotopic (exact) mass is 845 g/mol. The van der Waals surface area contributed by atoms with Gasteiger partial charge in [0.2, 0.25) is 0 Å². The molecule has 0 amide bonds. The van der Waals surface area contributed by atoms with E-state index in [-0.39, 0.29) is 31.1 Å². The van der Waals surface area contributed by atoms with Gasteiger partial charge in [-0.2, -0.15) is 0 Å². The number of carbonyl (C=O) groups is 3. The Hall–Kier alpha value is -2.11. The summed E-state index contributed by atoms with van der Waals surface area (Å²) in [6, 6.07) is 0. The lowest BCUT2D eigenvalue weighted by molar-refractivity contribution is -0.167. The van der Waals surface area contributed by atoms with E-state index >= 15 is 0 Å². The predicted octanol–water partition coefficient (Wildman–Crippen LogP) is 17.2. The van der Waals surface area contributed by atoms with Gasteiger partial charge in [-0.15, -0.1) is 0 Å². The minimum atomic E-state index is -0.774. The SMILES string of the molecule is CCCCCCCCC=CCCCCCCCC(=O)OCC(COC(=O)CCCCCCCCCCCCCC)OC(=O)CCCCCCCC=CCCCCCCCC. The molecule has 6 nitrogen and oxygen atoms in total. The lowest BCUT2D eigenvalue weighted by Crippen LogP contribution is -2.30. The van der Waals surface area contributed by atoms with E-state index in [1.54, 1.807) is 0 Å². The number of hydrogen-bond acceptors (Lipinski definition) is 6. The Morgan fingerprint density at radius 3 is 0.833 bits per heavy atom. The summed E-state index contributed by atoms with van der Waals surface area (Å²) in [6.45, 7) is 6.64. The molecule has 0 rings (SSSR count). The zero-order valence-corrected chi connectivity index (χ0v) is 40.2. The molecule has 0 aromatic rings. The molecule has 6 heteroatoms. The summed E-state index contributed by atoms with van der Waals surface area (Å²) < 4.78 is 16.8. The average molecular weight is 845 g/mol. The molecule has 1 unspecified atom stereocenters. The van der Waals surface area contributed by atoms with Gasteiger partial charge in [-0.05, 0) is 70.6 Å². The standard InChI is InChI=1S/C54H100O6/c1-4-7-10-13-16-19-22-25-27-29-32-35-38-41-44-47-53(56)59-50-51(49-58-52(55)46-43-40-37-34-31-24-21-18-15-12-9-6-3)60-54(57)48-45-42-39-36-33-30-28-26-23-20-17-14-11-8-5-2/h25-28,51H,4-24,29-50H2,1-3H3. The van der Waals surface area contributed by atoms with Crippen molar-refractivity contribution in [1.82, 2.24) is 0 Å². The van der Waals surface area contributed by atoms with E-state index in [9.17, 15) is 14.4 Å². The lowest BCUT2D eigenvalue weighted by Gasteiger charge is -2.18. The van der Waals surface area contributed by atoms with Crippen molar-refractivity contribution < 1.29 is 28.6 Å². The van der Waals surface area contributed by atoms with Crippen LogP contribution in [0.5, 0.6) is 0 Å². The van der Waals surface area contributed by atoms with E-state index < -0.39 is 6.10 Å². The number of ether oxygens (including phenoxy) is 3. The fraction of sp³-hybridized carbons (Fsp3) is 0.870. The van der Waals surface area contributed by atoms with Gasteiger partial charge >= 0.3 is 17.9 Å². The van der Waals surface area contributed by atoms with Gasteiger partial charge in [0.25, 0.3) is 0 Å². The van der Waals surface area contributed by atoms with Gasteiger partial charge in [0.05, 0.1) is 0 Å². The van der Waals surface area contributed by atoms with Crippen molar-refractivity contribution in [2.45, 2.75) is 290 Å². The van der Waals surface area contributed by atoms with E-state index in [0.29, 0.717) is 19.3 Å². The minimum absolute atomic E-state index is 0.0735. The first-order chi connectivity index (χ1) is 29.5. The first kappa shape index (κ1) is 57.9. The molecule has 0 N–H and O–H groups in total. The highest BCUT2D eigenvalue weighted by Gasteiger charge is 2.19. The molecular weight excluding hydrogens is 745 g/mol. The van der Waals surface area contributed by atoms with Crippen molar-refractivity contribution in [2.75, 3.05) is 13.2 Å². The van der Waals surface area contributed by atoms with Crippen molar-refractivity contribution in [3.8, 4) is 0 Å². The van der Waals surface area contributed by atoms with E-state index in [4.69, 9.17) is 14.2 Å². The summed E-state index contributed by atoms with van der Waals surface area (Å²) in [5.41, 5.74) is 0. The maximum Gasteiger partial charge on any atom is 0.306 e. The van der Waals surface area contributed by atoms with Crippen LogP contribution in [-0.4, -0.2) is 37.2 Å². The molecule has 0 spiro atoms. The highest BCUT2D eigenvalue weighted by molar-refractivity contribution is 5.71. The lowest BCUT2D eigenvalue weighted by atomic mass is 10.0. The molecule has 0 fully saturated rings. The van der Waals surface area contributed by atoms with Crippen LogP contribution in [0.4, 0.5) is 0 Å². The van der Waals surface area contributed by atoms with E-state index in [1.165, 1.54) is 173 Å². The molecule has 0 heterocycles. The van der Waals surface area contributed by atoms with Crippen LogP contribution in [0.25, 0.3) is 0 Å². The number of esters is 3. The summed E-state index contributed by atoms with van der Waals surface area (Å²) in [6.07, 6.45) is 55.8. The van der Waals surface area contributed by atoms with Gasteiger partial charge in [-0.25, -0.2) is 0 Å². The number of rotatable bonds is 48. The van der Waals surface area contributed by atoms with Crippen LogP contribution >= 0.6 is 0 Å². The van der Waals surface area contributed by atoms with Gasteiger partial charge in [0, 0.05) is 19.3 Å². The van der Waals surface area contributed by atoms with Crippen molar-refractivity contribution in [1.29, 1.82) is 0 Å². The number of allylic oxidation sites excluding steroid dienone is 4. The molecular formula is C54H100O6. The molecule has 0 radical (unpaired) electrons. The van der Waals surface area contributed by atoms with E-state index in [1.807, 2.05) is 0 Å². The Labute approximate surface area is 373 Å². The van der Waals surface area contributed by atoms with Gasteiger partial charge in [0.15, 0.2) is 6.10 Å². The van der Waals surface area contributed by atoms with Crippen LogP contribution < -0.4 is 0 Å². The van der Waals surface area contributed by atoms with Crippen LogP contribution in [0.3, 0.4) is 0 Å². The molecule has 60 heavy (non-hydrogen) atoms. The normalized spacial score (nSPS) is 12.1. The number of hydrogen-bond donors (Lipinski definition) is 0. The molecule has 0 saturated carbocycles. The summed E-state index contributed by atoms with van der Waals surface area (Å²) in [5, 5.41) is 0. The second-order valence-electron chi connectivity index (χ2n) is 17.8. The summed E-state index contributed by atoms with van der Waals surface area (Å²) >= 11 is 0. The second-order valence-corrected chi connectivity index (χ2v) is 17.8. The summed E-state index contributed by atoms with van der Waals surface area (Å²) in [4.78, 5) is 37.9. The predicted molar refractivity (Wildman–Crippen MR) is 256 cm³/mol. The topological polar surface area (TPSA) is 78.9 Å². The smallest absolute Gasteiger partial charge is 0.306 e. The van der Waals surface area contributed by atoms with Crippen molar-refractivity contribution in [2.24, 2.45) is 0 Å². The molecule has 0 aliphatic heterocycles. The van der Waals surface area contributed by atoms with Crippen LogP contribution in [0, 0.1) is 0 Å². The van der Waals surface area contributed by atoms with E-state index in [0.717, 1.165) is 70.6 Å². The minimum Gasteiger partial charge on any atom is -0.462 e. The first-order valence-electron chi connectivity index (χ1n) is 26.3. The highest BCUT2D eigenvalue weighted by atomic mass is 16.6. The van der Waals surface area contributed by atoms with Gasteiger partial charge < -0.3 is 14.2 Å². The fourth-order valence-corrected chi connectivity index (χ4v) is 7.67. The van der Waals surface area contributed by atoms with E-state index in [2.05, 4.69) is 45.1 Å². The Balaban J connectivity index is 4.36. The third-order valence-electron chi connectivity index (χ3n) is 11.7. The van der Waals surface area contributed by atoms with Crippen molar-refractivity contribution >= 4 is 17.9 Å². The molecule has 0 aromatic carbocycles. The second kappa shape index (κ2) is 49.5. The van der Waals surface area contributed by atoms with Crippen molar-refractivity contribution in [3.63, 3.8) is 0 Å². The zero-order chi connectivity index (χ0) is 43.7. The van der Waals surface area contributed by atoms with Crippen LogP contribution in [-0.2, 0) is 28.6 Å². The largest absolute Gasteiger partial charge is 0.462 e. The van der Waals surface area contributed by atoms with Crippen LogP contribution in [0.1, 0.15) is 284 Å². The Bertz CT molecular complexity index is 973. The van der Waals surface area contributed by atoms with Crippen molar-refractivity contribution in [3.05, 3.63) is 24.3 Å². The third kappa shape index (κ3) is 46.9. The quantitative estimate of drug-likeness (QED) is 0.0263. The summed E-state index contributed by atoms with van der Waals surface area (Å²) in [7, 11) is 0. The van der Waals surface area contributed by atoms with Gasteiger partial charge in [-0.3, -0.25) is 14.4 Å². The molecule has 0 saturated heterocycles. The van der Waals surface area contributed by atoms with Gasteiger partial charge in [-0.1, -0.05) is 218 Å². The maximum atomic E-state index is 12.8. The molecule has 0 aromatic heterocycles. The molecule has 0 bridgehead atoms. The molecule has 0 aliphatic carbocycles. The number of unbranched alkanes of at least 4 members (excludes halogenated alkanes) is 33. The van der Waals surface area contributed by atoms with Crippen LogP contribution in [0.15, 0.2) is 24.3 Å². The Morgan fingerprint density at radius 2 is 0.550 bits per heavy atom. The molecule has 1 atom stereocenters. The maximum absolute atomic E-state index is 12.8. The van der Waals surface area contributed by atoms with Gasteiger partial charge in [0.1, 0.15) is 13.2 Å². The zero-order valence-electron chi connectivity index (χ0n) is 40.2. The fourth-order valence-electron chi connectivity index (χ4n) is 7.67. The average Bonchev–Trinajstić information content (AvgIpc) is 3.24. The Morgan fingerprint density at radius 1 is 0.317 bits per heavy atom. The summed E-state index contributed by atoms with van der Waals surface area (Å²) in [5.74, 6) is -0.878.